The van der Waals surface area contributed by atoms with Gasteiger partial charge in [0.2, 0.25) is 29.5 Å². The number of imide groups is 1. The molecule has 248 valence electrons. The van der Waals surface area contributed by atoms with Crippen LogP contribution in [0.2, 0.25) is 0 Å². The Hall–Kier alpha value is -3.96. The molecule has 1 saturated carbocycles. The lowest BCUT2D eigenvalue weighted by molar-refractivity contribution is -0.151. The Bertz CT molecular complexity index is 1210. The number of nitrogens with zero attached hydrogens (tertiary/aromatic N) is 1. The van der Waals surface area contributed by atoms with Crippen molar-refractivity contribution < 1.29 is 28.8 Å². The number of benzene rings is 1. The van der Waals surface area contributed by atoms with E-state index in [0.717, 1.165) is 18.4 Å². The SMILES string of the molecule is CCC1CC(=O)N(CCCCCNC(=O)C2(C(=O)N[C@@H](CCCNC(N)=O)C(=O)Nc3ccc(CC(C)C)cc3)CCC2)C1=O. The molecule has 1 saturated heterocycles. The number of hydrogen-bond acceptors (Lipinski definition) is 6. The Labute approximate surface area is 266 Å². The average Bonchev–Trinajstić information content (AvgIpc) is 3.24. The molecule has 1 aliphatic carbocycles. The molecule has 0 spiro atoms. The zero-order chi connectivity index (χ0) is 33.0. The Balaban J connectivity index is 1.52. The van der Waals surface area contributed by atoms with E-state index in [9.17, 15) is 28.8 Å². The fraction of sp³-hybridized carbons (Fsp3) is 0.636. The molecule has 7 amide bonds. The van der Waals surface area contributed by atoms with Gasteiger partial charge in [0.15, 0.2) is 0 Å². The second-order valence-corrected chi connectivity index (χ2v) is 12.7. The van der Waals surface area contributed by atoms with E-state index in [1.807, 2.05) is 31.2 Å². The second-order valence-electron chi connectivity index (χ2n) is 12.7. The molecule has 2 fully saturated rings. The third kappa shape index (κ3) is 10.0. The van der Waals surface area contributed by atoms with Gasteiger partial charge in [0.05, 0.1) is 0 Å². The lowest BCUT2D eigenvalue weighted by Crippen LogP contribution is -2.58. The van der Waals surface area contributed by atoms with E-state index in [2.05, 4.69) is 35.1 Å². The van der Waals surface area contributed by atoms with Gasteiger partial charge in [-0.05, 0) is 81.4 Å². The highest BCUT2D eigenvalue weighted by atomic mass is 16.2. The Morgan fingerprint density at radius 3 is 2.22 bits per heavy atom. The van der Waals surface area contributed by atoms with Crippen LogP contribution >= 0.6 is 0 Å². The predicted molar refractivity (Wildman–Crippen MR) is 171 cm³/mol. The molecule has 0 bridgehead atoms. The Morgan fingerprint density at radius 2 is 1.64 bits per heavy atom. The van der Waals surface area contributed by atoms with E-state index >= 15 is 0 Å². The Kier molecular flexibility index (Phi) is 13.4. The smallest absolute Gasteiger partial charge is 0.312 e. The number of urea groups is 1. The van der Waals surface area contributed by atoms with Crippen molar-refractivity contribution in [3.8, 4) is 0 Å². The highest BCUT2D eigenvalue weighted by Gasteiger charge is 2.51. The minimum absolute atomic E-state index is 0.0931. The first-order valence-electron chi connectivity index (χ1n) is 16.3. The van der Waals surface area contributed by atoms with Crippen LogP contribution < -0.4 is 27.0 Å². The first kappa shape index (κ1) is 35.5. The van der Waals surface area contributed by atoms with Crippen LogP contribution in [0.3, 0.4) is 0 Å². The van der Waals surface area contributed by atoms with Crippen LogP contribution in [0.5, 0.6) is 0 Å². The Morgan fingerprint density at radius 1 is 0.956 bits per heavy atom. The molecule has 3 rings (SSSR count). The lowest BCUT2D eigenvalue weighted by Gasteiger charge is -2.39. The molecule has 12 nitrogen and oxygen atoms in total. The van der Waals surface area contributed by atoms with Gasteiger partial charge in [-0.25, -0.2) is 4.79 Å². The number of amides is 7. The zero-order valence-electron chi connectivity index (χ0n) is 26.9. The molecule has 12 heteroatoms. The third-order valence-electron chi connectivity index (χ3n) is 8.71. The van der Waals surface area contributed by atoms with Gasteiger partial charge in [-0.3, -0.25) is 28.9 Å². The highest BCUT2D eigenvalue weighted by Crippen LogP contribution is 2.41. The van der Waals surface area contributed by atoms with Crippen LogP contribution in [0.15, 0.2) is 24.3 Å². The van der Waals surface area contributed by atoms with Crippen LogP contribution in [0.4, 0.5) is 10.5 Å². The number of hydrogen-bond donors (Lipinski definition) is 5. The number of anilines is 1. The number of primary amides is 1. The fourth-order valence-electron chi connectivity index (χ4n) is 5.84. The van der Waals surface area contributed by atoms with Crippen LogP contribution in [0.25, 0.3) is 0 Å². The fourth-order valence-corrected chi connectivity index (χ4v) is 5.84. The van der Waals surface area contributed by atoms with Gasteiger partial charge in [-0.2, -0.15) is 0 Å². The summed E-state index contributed by atoms with van der Waals surface area (Å²) in [7, 11) is 0. The monoisotopic (exact) mass is 626 g/mol. The number of nitrogens with two attached hydrogens (primary N) is 1. The average molecular weight is 627 g/mol. The van der Waals surface area contributed by atoms with Crippen LogP contribution in [-0.4, -0.2) is 66.1 Å². The zero-order valence-corrected chi connectivity index (χ0v) is 26.9. The number of rotatable bonds is 18. The molecule has 1 aliphatic heterocycles. The number of carbonyl (C=O) groups is 6. The van der Waals surface area contributed by atoms with Crippen molar-refractivity contribution in [2.24, 2.45) is 23.0 Å². The number of nitrogens with one attached hydrogen (secondary N) is 4. The summed E-state index contributed by atoms with van der Waals surface area (Å²) >= 11 is 0. The van der Waals surface area contributed by atoms with Gasteiger partial charge in [0.1, 0.15) is 11.5 Å². The van der Waals surface area contributed by atoms with Crippen molar-refractivity contribution in [1.82, 2.24) is 20.9 Å². The molecular weight excluding hydrogens is 576 g/mol. The summed E-state index contributed by atoms with van der Waals surface area (Å²) < 4.78 is 0. The minimum atomic E-state index is -1.24. The molecule has 1 aromatic rings. The third-order valence-corrected chi connectivity index (χ3v) is 8.71. The van der Waals surface area contributed by atoms with Crippen LogP contribution in [0.1, 0.15) is 90.5 Å². The van der Waals surface area contributed by atoms with Crippen molar-refractivity contribution in [3.63, 3.8) is 0 Å². The number of unbranched alkanes of at least 4 members (excludes halogenated alkanes) is 2. The normalized spacial score (nSPS) is 17.9. The molecule has 0 aromatic heterocycles. The predicted octanol–water partition coefficient (Wildman–Crippen LogP) is 3.00. The van der Waals surface area contributed by atoms with Crippen molar-refractivity contribution >= 4 is 41.3 Å². The number of carbonyl (C=O) groups excluding carboxylic acids is 6. The highest BCUT2D eigenvalue weighted by molar-refractivity contribution is 6.08. The van der Waals surface area contributed by atoms with Gasteiger partial charge in [0, 0.05) is 37.7 Å². The molecule has 1 aromatic carbocycles. The molecule has 1 heterocycles. The topological polar surface area (TPSA) is 180 Å². The molecule has 1 unspecified atom stereocenters. The first-order chi connectivity index (χ1) is 21.5. The number of likely N-dealkylation sites (tertiary alicyclic amines) is 1. The van der Waals surface area contributed by atoms with Gasteiger partial charge < -0.3 is 27.0 Å². The van der Waals surface area contributed by atoms with Gasteiger partial charge in [-0.15, -0.1) is 0 Å². The summed E-state index contributed by atoms with van der Waals surface area (Å²) in [5, 5.41) is 11.1. The van der Waals surface area contributed by atoms with Crippen molar-refractivity contribution in [2.45, 2.75) is 97.4 Å². The summed E-state index contributed by atoms with van der Waals surface area (Å²) in [5.41, 5.74) is 5.67. The van der Waals surface area contributed by atoms with E-state index in [1.165, 1.54) is 4.90 Å². The first-order valence-corrected chi connectivity index (χ1v) is 16.3. The molecule has 2 atom stereocenters. The molecular formula is C33H50N6O6. The van der Waals surface area contributed by atoms with Crippen LogP contribution in [-0.2, 0) is 30.4 Å². The summed E-state index contributed by atoms with van der Waals surface area (Å²) in [5.74, 6) is -1.18. The van der Waals surface area contributed by atoms with Crippen molar-refractivity contribution in [3.05, 3.63) is 29.8 Å². The molecule has 2 aliphatic rings. The van der Waals surface area contributed by atoms with E-state index in [4.69, 9.17) is 5.73 Å². The summed E-state index contributed by atoms with van der Waals surface area (Å²) in [6.07, 6.45) is 6.00. The largest absolute Gasteiger partial charge is 0.355 e. The summed E-state index contributed by atoms with van der Waals surface area (Å²) in [4.78, 5) is 76.9. The van der Waals surface area contributed by atoms with E-state index < -0.39 is 29.3 Å². The van der Waals surface area contributed by atoms with Crippen molar-refractivity contribution in [2.75, 3.05) is 25.0 Å². The molecule has 45 heavy (non-hydrogen) atoms. The second kappa shape index (κ2) is 16.9. The maximum Gasteiger partial charge on any atom is 0.312 e. The van der Waals surface area contributed by atoms with E-state index in [0.29, 0.717) is 69.6 Å². The van der Waals surface area contributed by atoms with Gasteiger partial charge in [0.25, 0.3) is 0 Å². The summed E-state index contributed by atoms with van der Waals surface area (Å²) in [6.45, 7) is 7.17. The van der Waals surface area contributed by atoms with Crippen molar-refractivity contribution in [1.29, 1.82) is 0 Å². The van der Waals surface area contributed by atoms with Gasteiger partial charge >= 0.3 is 6.03 Å². The lowest BCUT2D eigenvalue weighted by atomic mass is 9.67. The maximum absolute atomic E-state index is 13.5. The quantitative estimate of drug-likeness (QED) is 0.0949. The standard InChI is InChI=1S/C33H50N6O6/c1-4-24-21-27(40)39(29(24)42)19-7-5-6-17-35-30(43)33(15-9-16-33)31(44)38-26(10-8-18-36-32(34)45)28(41)37-25-13-11-23(12-14-25)20-22(2)3/h11-14,22,24,26H,4-10,15-21H2,1-3H3,(H,35,43)(H,37,41)(H,38,44)(H3,34,36,45)/t24?,26-/m0/s1. The molecule has 0 radical (unpaired) electrons. The van der Waals surface area contributed by atoms with E-state index in [1.54, 1.807) is 0 Å². The van der Waals surface area contributed by atoms with Crippen LogP contribution in [0, 0.1) is 17.3 Å². The summed E-state index contributed by atoms with van der Waals surface area (Å²) in [6, 6.07) is 5.98. The van der Waals surface area contributed by atoms with Gasteiger partial charge in [-0.1, -0.05) is 39.3 Å². The molecule has 6 N–H and O–H groups in total. The minimum Gasteiger partial charge on any atom is -0.355 e. The van der Waals surface area contributed by atoms with E-state index in [-0.39, 0.29) is 43.0 Å². The maximum atomic E-state index is 13.5.